The van der Waals surface area contributed by atoms with Gasteiger partial charge in [-0.25, -0.2) is 4.39 Å². The lowest BCUT2D eigenvalue weighted by molar-refractivity contribution is 0.304. The third-order valence-electron chi connectivity index (χ3n) is 2.81. The Morgan fingerprint density at radius 3 is 2.55 bits per heavy atom. The molecule has 0 atom stereocenters. The molecule has 2 rings (SSSR count). The quantitative estimate of drug-likeness (QED) is 0.869. The number of hydrogen-bond acceptors (Lipinski definition) is 2. The number of halogens is 1. The van der Waals surface area contributed by atoms with E-state index in [0.717, 1.165) is 11.1 Å². The van der Waals surface area contributed by atoms with Crippen molar-refractivity contribution in [3.63, 3.8) is 0 Å². The summed E-state index contributed by atoms with van der Waals surface area (Å²) in [6.45, 7) is 1.94. The van der Waals surface area contributed by atoms with Gasteiger partial charge in [0.1, 0.15) is 24.8 Å². The molecule has 0 aromatic heterocycles. The van der Waals surface area contributed by atoms with Crippen molar-refractivity contribution in [3.8, 4) is 17.6 Å². The van der Waals surface area contributed by atoms with Gasteiger partial charge in [0, 0.05) is 11.6 Å². The highest BCUT2D eigenvalue weighted by molar-refractivity contribution is 5.36. The molecule has 0 unspecified atom stereocenters. The molecule has 0 saturated heterocycles. The number of benzene rings is 2. The molecule has 2 aromatic rings. The molecule has 0 bridgehead atoms. The maximum Gasteiger partial charge on any atom is 0.129 e. The van der Waals surface area contributed by atoms with E-state index in [0.29, 0.717) is 17.9 Å². The van der Waals surface area contributed by atoms with Gasteiger partial charge in [-0.3, -0.25) is 0 Å². The fourth-order valence-electron chi connectivity index (χ4n) is 1.66. The maximum atomic E-state index is 13.4. The molecule has 0 fully saturated rings. The summed E-state index contributed by atoms with van der Waals surface area (Å²) in [5.74, 6) is 5.65. The number of aryl methyl sites for hydroxylation is 1. The molecule has 0 saturated carbocycles. The van der Waals surface area contributed by atoms with Gasteiger partial charge >= 0.3 is 0 Å². The minimum atomic E-state index is -0.267. The first-order valence-electron chi connectivity index (χ1n) is 6.26. The van der Waals surface area contributed by atoms with Crippen LogP contribution in [0.2, 0.25) is 0 Å². The van der Waals surface area contributed by atoms with Crippen molar-refractivity contribution in [2.75, 3.05) is 6.61 Å². The molecule has 0 spiro atoms. The first-order valence-corrected chi connectivity index (χ1v) is 6.26. The number of aliphatic hydroxyl groups excluding tert-OH is 1. The zero-order valence-corrected chi connectivity index (χ0v) is 11.2. The van der Waals surface area contributed by atoms with Crippen LogP contribution in [0.15, 0.2) is 42.5 Å². The normalized spacial score (nSPS) is 9.75. The van der Waals surface area contributed by atoms with E-state index in [2.05, 4.69) is 11.8 Å². The van der Waals surface area contributed by atoms with Crippen molar-refractivity contribution >= 4 is 0 Å². The standard InChI is InChI=1S/C17H15FO2/c1-13-4-9-16(11-17(13)18)20-12-15-7-5-14(6-8-15)3-2-10-19/h4-9,11,19H,10,12H2,1H3. The summed E-state index contributed by atoms with van der Waals surface area (Å²) in [5.41, 5.74) is 2.41. The summed E-state index contributed by atoms with van der Waals surface area (Å²) in [4.78, 5) is 0. The van der Waals surface area contributed by atoms with Crippen molar-refractivity contribution < 1.29 is 14.2 Å². The molecule has 0 amide bonds. The minimum absolute atomic E-state index is 0.149. The Morgan fingerprint density at radius 2 is 1.90 bits per heavy atom. The Morgan fingerprint density at radius 1 is 1.15 bits per heavy atom. The Kier molecular flexibility index (Phi) is 4.75. The van der Waals surface area contributed by atoms with Crippen LogP contribution < -0.4 is 4.74 Å². The highest BCUT2D eigenvalue weighted by Crippen LogP contribution is 2.17. The third kappa shape index (κ3) is 3.84. The second-order valence-electron chi connectivity index (χ2n) is 4.36. The molecule has 0 aliphatic carbocycles. The van der Waals surface area contributed by atoms with Gasteiger partial charge in [-0.2, -0.15) is 0 Å². The van der Waals surface area contributed by atoms with E-state index in [4.69, 9.17) is 9.84 Å². The van der Waals surface area contributed by atoms with Crippen LogP contribution >= 0.6 is 0 Å². The van der Waals surface area contributed by atoms with Crippen molar-refractivity contribution in [1.29, 1.82) is 0 Å². The molecular formula is C17H15FO2. The van der Waals surface area contributed by atoms with E-state index in [9.17, 15) is 4.39 Å². The zero-order valence-electron chi connectivity index (χ0n) is 11.2. The van der Waals surface area contributed by atoms with Crippen molar-refractivity contribution in [2.24, 2.45) is 0 Å². The van der Waals surface area contributed by atoms with Crippen LogP contribution in [-0.4, -0.2) is 11.7 Å². The minimum Gasteiger partial charge on any atom is -0.489 e. The van der Waals surface area contributed by atoms with Gasteiger partial charge in [-0.1, -0.05) is 30.0 Å². The number of rotatable bonds is 3. The van der Waals surface area contributed by atoms with Crippen molar-refractivity contribution in [2.45, 2.75) is 13.5 Å². The van der Waals surface area contributed by atoms with Crippen molar-refractivity contribution in [3.05, 3.63) is 65.0 Å². The predicted molar refractivity (Wildman–Crippen MR) is 75.9 cm³/mol. The smallest absolute Gasteiger partial charge is 0.129 e. The molecule has 3 heteroatoms. The van der Waals surface area contributed by atoms with E-state index >= 15 is 0 Å². The molecular weight excluding hydrogens is 255 g/mol. The van der Waals surface area contributed by atoms with E-state index in [1.807, 2.05) is 24.3 Å². The van der Waals surface area contributed by atoms with Crippen LogP contribution in [0, 0.1) is 24.6 Å². The SMILES string of the molecule is Cc1ccc(OCc2ccc(C#CCO)cc2)cc1F. The van der Waals surface area contributed by atoms with Crippen LogP contribution in [0.4, 0.5) is 4.39 Å². The molecule has 1 N–H and O–H groups in total. The van der Waals surface area contributed by atoms with Gasteiger partial charge in [-0.05, 0) is 36.2 Å². The van der Waals surface area contributed by atoms with E-state index < -0.39 is 0 Å². The average Bonchev–Trinajstić information content (AvgIpc) is 2.47. The Balaban J connectivity index is 1.98. The molecule has 2 aromatic carbocycles. The lowest BCUT2D eigenvalue weighted by Crippen LogP contribution is -1.96. The van der Waals surface area contributed by atoms with Crippen LogP contribution in [0.1, 0.15) is 16.7 Å². The van der Waals surface area contributed by atoms with E-state index in [1.54, 1.807) is 19.1 Å². The molecule has 0 radical (unpaired) electrons. The molecule has 0 aliphatic heterocycles. The molecule has 20 heavy (non-hydrogen) atoms. The third-order valence-corrected chi connectivity index (χ3v) is 2.81. The summed E-state index contributed by atoms with van der Waals surface area (Å²) in [6, 6.07) is 12.3. The first kappa shape index (κ1) is 14.1. The summed E-state index contributed by atoms with van der Waals surface area (Å²) >= 11 is 0. The lowest BCUT2D eigenvalue weighted by Gasteiger charge is -2.07. The van der Waals surface area contributed by atoms with Gasteiger partial charge in [0.15, 0.2) is 0 Å². The van der Waals surface area contributed by atoms with Gasteiger partial charge in [0.2, 0.25) is 0 Å². The fourth-order valence-corrected chi connectivity index (χ4v) is 1.66. The highest BCUT2D eigenvalue weighted by Gasteiger charge is 2.01. The van der Waals surface area contributed by atoms with E-state index in [-0.39, 0.29) is 12.4 Å². The zero-order chi connectivity index (χ0) is 14.4. The van der Waals surface area contributed by atoms with E-state index in [1.165, 1.54) is 6.07 Å². The Labute approximate surface area is 117 Å². The molecule has 0 aliphatic rings. The second kappa shape index (κ2) is 6.74. The molecule has 2 nitrogen and oxygen atoms in total. The van der Waals surface area contributed by atoms with Gasteiger partial charge in [0.25, 0.3) is 0 Å². The second-order valence-corrected chi connectivity index (χ2v) is 4.36. The summed E-state index contributed by atoms with van der Waals surface area (Å²) in [5, 5.41) is 8.61. The molecule has 0 heterocycles. The molecule has 102 valence electrons. The monoisotopic (exact) mass is 270 g/mol. The van der Waals surface area contributed by atoms with Crippen molar-refractivity contribution in [1.82, 2.24) is 0 Å². The van der Waals surface area contributed by atoms with Crippen LogP contribution in [0.5, 0.6) is 5.75 Å². The topological polar surface area (TPSA) is 29.5 Å². The summed E-state index contributed by atoms with van der Waals surface area (Å²) < 4.78 is 18.9. The summed E-state index contributed by atoms with van der Waals surface area (Å²) in [6.07, 6.45) is 0. The first-order chi connectivity index (χ1) is 9.69. The summed E-state index contributed by atoms with van der Waals surface area (Å²) in [7, 11) is 0. The van der Waals surface area contributed by atoms with Crippen LogP contribution in [0.25, 0.3) is 0 Å². The van der Waals surface area contributed by atoms with Crippen LogP contribution in [-0.2, 0) is 6.61 Å². The van der Waals surface area contributed by atoms with Crippen LogP contribution in [0.3, 0.4) is 0 Å². The maximum absolute atomic E-state index is 13.4. The van der Waals surface area contributed by atoms with Gasteiger partial charge in [-0.15, -0.1) is 0 Å². The Bertz CT molecular complexity index is 636. The highest BCUT2D eigenvalue weighted by atomic mass is 19.1. The van der Waals surface area contributed by atoms with Gasteiger partial charge < -0.3 is 9.84 Å². The number of aliphatic hydroxyl groups is 1. The largest absolute Gasteiger partial charge is 0.489 e. The fraction of sp³-hybridized carbons (Fsp3) is 0.176. The van der Waals surface area contributed by atoms with Gasteiger partial charge in [0.05, 0.1) is 0 Å². The predicted octanol–water partition coefficient (Wildman–Crippen LogP) is 3.06. The number of ether oxygens (including phenoxy) is 1. The number of hydrogen-bond donors (Lipinski definition) is 1. The lowest BCUT2D eigenvalue weighted by atomic mass is 10.1. The Hall–Kier alpha value is -2.31. The average molecular weight is 270 g/mol.